The third kappa shape index (κ3) is 2.03. The maximum Gasteiger partial charge on any atom is 0.123 e. The second-order valence-electron chi connectivity index (χ2n) is 4.02. The Morgan fingerprint density at radius 3 is 2.71 bits per heavy atom. The molecule has 1 aromatic rings. The average Bonchev–Trinajstić information content (AvgIpc) is 2.95. The van der Waals surface area contributed by atoms with Gasteiger partial charge in [0.1, 0.15) is 5.82 Å². The summed E-state index contributed by atoms with van der Waals surface area (Å²) < 4.78 is 12.7. The van der Waals surface area contributed by atoms with Gasteiger partial charge >= 0.3 is 0 Å². The molecule has 2 rings (SSSR count). The Balaban J connectivity index is 1.92. The Morgan fingerprint density at radius 2 is 2.07 bits per heavy atom. The van der Waals surface area contributed by atoms with E-state index in [9.17, 15) is 4.39 Å². The van der Waals surface area contributed by atoms with Gasteiger partial charge in [-0.3, -0.25) is 0 Å². The Bertz CT molecular complexity index is 313. The molecule has 14 heavy (non-hydrogen) atoms. The molecule has 0 amide bonds. The molecule has 0 bridgehead atoms. The number of benzene rings is 1. The van der Waals surface area contributed by atoms with Gasteiger partial charge in [-0.1, -0.05) is 18.2 Å². The van der Waals surface area contributed by atoms with Gasteiger partial charge in [-0.2, -0.15) is 0 Å². The molecular weight excluding hydrogens is 175 g/mol. The zero-order valence-electron chi connectivity index (χ0n) is 8.25. The van der Waals surface area contributed by atoms with E-state index in [2.05, 4.69) is 6.58 Å². The molecule has 0 nitrogen and oxygen atoms in total. The Morgan fingerprint density at radius 1 is 1.36 bits per heavy atom. The number of hydrogen-bond acceptors (Lipinski definition) is 0. The first-order chi connectivity index (χ1) is 6.81. The van der Waals surface area contributed by atoms with Crippen LogP contribution in [-0.2, 0) is 0 Å². The summed E-state index contributed by atoms with van der Waals surface area (Å²) in [6, 6.07) is 6.93. The predicted molar refractivity (Wildman–Crippen MR) is 56.7 cm³/mol. The van der Waals surface area contributed by atoms with Gasteiger partial charge in [-0.25, -0.2) is 4.39 Å². The molecule has 2 atom stereocenters. The fraction of sp³-hybridized carbons (Fsp3) is 0.385. The van der Waals surface area contributed by atoms with Gasteiger partial charge in [0.25, 0.3) is 0 Å². The van der Waals surface area contributed by atoms with E-state index >= 15 is 0 Å². The first-order valence-electron chi connectivity index (χ1n) is 5.17. The van der Waals surface area contributed by atoms with Gasteiger partial charge in [0, 0.05) is 0 Å². The molecule has 1 saturated carbocycles. The summed E-state index contributed by atoms with van der Waals surface area (Å²) in [5.74, 6) is 1.34. The quantitative estimate of drug-likeness (QED) is 0.632. The summed E-state index contributed by atoms with van der Waals surface area (Å²) >= 11 is 0. The minimum absolute atomic E-state index is 0.142. The lowest BCUT2D eigenvalue weighted by Crippen LogP contribution is -1.84. The van der Waals surface area contributed by atoms with E-state index in [1.54, 1.807) is 12.1 Å². The summed E-state index contributed by atoms with van der Waals surface area (Å²) in [5, 5.41) is 0. The minimum Gasteiger partial charge on any atom is -0.207 e. The molecule has 0 unspecified atom stereocenters. The monoisotopic (exact) mass is 190 g/mol. The normalized spacial score (nSPS) is 24.6. The van der Waals surface area contributed by atoms with E-state index in [-0.39, 0.29) is 5.82 Å². The van der Waals surface area contributed by atoms with E-state index in [0.29, 0.717) is 5.92 Å². The van der Waals surface area contributed by atoms with Gasteiger partial charge < -0.3 is 0 Å². The SMILES string of the molecule is C=CCC[C@H]1C[C@@H]1c1ccc(F)cc1. The first-order valence-corrected chi connectivity index (χ1v) is 5.17. The molecule has 0 N–H and O–H groups in total. The van der Waals surface area contributed by atoms with Crippen molar-refractivity contribution in [2.24, 2.45) is 5.92 Å². The van der Waals surface area contributed by atoms with E-state index in [0.717, 1.165) is 12.3 Å². The Hall–Kier alpha value is -1.11. The molecule has 0 heterocycles. The molecule has 0 aliphatic heterocycles. The van der Waals surface area contributed by atoms with Gasteiger partial charge in [-0.05, 0) is 48.8 Å². The van der Waals surface area contributed by atoms with E-state index in [1.807, 2.05) is 18.2 Å². The highest BCUT2D eigenvalue weighted by atomic mass is 19.1. The lowest BCUT2D eigenvalue weighted by Gasteiger charge is -1.99. The van der Waals surface area contributed by atoms with Gasteiger partial charge in [0.15, 0.2) is 0 Å². The molecule has 1 aliphatic rings. The topological polar surface area (TPSA) is 0 Å². The second-order valence-corrected chi connectivity index (χ2v) is 4.02. The lowest BCUT2D eigenvalue weighted by molar-refractivity contribution is 0.626. The zero-order valence-corrected chi connectivity index (χ0v) is 8.25. The van der Waals surface area contributed by atoms with Crippen molar-refractivity contribution >= 4 is 0 Å². The summed E-state index contributed by atoms with van der Waals surface area (Å²) in [4.78, 5) is 0. The highest BCUT2D eigenvalue weighted by Gasteiger charge is 2.36. The van der Waals surface area contributed by atoms with Crippen LogP contribution in [0.1, 0.15) is 30.7 Å². The van der Waals surface area contributed by atoms with Crippen molar-refractivity contribution < 1.29 is 4.39 Å². The van der Waals surface area contributed by atoms with Gasteiger partial charge in [0.05, 0.1) is 0 Å². The Labute approximate surface area is 84.5 Å². The predicted octanol–water partition coefficient (Wildman–Crippen LogP) is 3.90. The third-order valence-corrected chi connectivity index (χ3v) is 2.96. The maximum atomic E-state index is 12.7. The van der Waals surface area contributed by atoms with Crippen LogP contribution in [-0.4, -0.2) is 0 Å². The van der Waals surface area contributed by atoms with Crippen molar-refractivity contribution in [2.75, 3.05) is 0 Å². The lowest BCUT2D eigenvalue weighted by atomic mass is 10.1. The molecule has 1 fully saturated rings. The molecule has 0 spiro atoms. The van der Waals surface area contributed by atoms with Crippen LogP contribution in [0.15, 0.2) is 36.9 Å². The van der Waals surface area contributed by atoms with Gasteiger partial charge in [0.2, 0.25) is 0 Å². The summed E-state index contributed by atoms with van der Waals surface area (Å²) in [7, 11) is 0. The molecule has 1 aliphatic carbocycles. The summed E-state index contributed by atoms with van der Waals surface area (Å²) in [6.07, 6.45) is 5.56. The van der Waals surface area contributed by atoms with Crippen LogP contribution in [0, 0.1) is 11.7 Å². The first kappa shape index (κ1) is 9.45. The number of halogens is 1. The molecule has 0 aromatic heterocycles. The highest BCUT2D eigenvalue weighted by Crippen LogP contribution is 2.50. The van der Waals surface area contributed by atoms with E-state index in [1.165, 1.54) is 18.4 Å². The van der Waals surface area contributed by atoms with Crippen LogP contribution in [0.5, 0.6) is 0 Å². The molecule has 1 heteroatoms. The maximum absolute atomic E-state index is 12.7. The van der Waals surface area contributed by atoms with Crippen LogP contribution in [0.25, 0.3) is 0 Å². The average molecular weight is 190 g/mol. The van der Waals surface area contributed by atoms with Gasteiger partial charge in [-0.15, -0.1) is 6.58 Å². The second kappa shape index (κ2) is 3.95. The van der Waals surface area contributed by atoms with Crippen LogP contribution in [0.3, 0.4) is 0 Å². The van der Waals surface area contributed by atoms with Crippen LogP contribution in [0.4, 0.5) is 4.39 Å². The van der Waals surface area contributed by atoms with E-state index < -0.39 is 0 Å². The van der Waals surface area contributed by atoms with Crippen LogP contribution >= 0.6 is 0 Å². The Kier molecular flexibility index (Phi) is 2.67. The molecule has 0 saturated heterocycles. The number of rotatable bonds is 4. The summed E-state index contributed by atoms with van der Waals surface area (Å²) in [6.45, 7) is 3.72. The largest absolute Gasteiger partial charge is 0.207 e. The fourth-order valence-corrected chi connectivity index (χ4v) is 2.02. The summed E-state index contributed by atoms with van der Waals surface area (Å²) in [5.41, 5.74) is 1.29. The van der Waals surface area contributed by atoms with Crippen molar-refractivity contribution in [1.82, 2.24) is 0 Å². The number of hydrogen-bond donors (Lipinski definition) is 0. The van der Waals surface area contributed by atoms with Crippen molar-refractivity contribution in [2.45, 2.75) is 25.2 Å². The molecular formula is C13H15F. The fourth-order valence-electron chi connectivity index (χ4n) is 2.02. The van der Waals surface area contributed by atoms with Crippen LogP contribution < -0.4 is 0 Å². The smallest absolute Gasteiger partial charge is 0.123 e. The van der Waals surface area contributed by atoms with E-state index in [4.69, 9.17) is 0 Å². The van der Waals surface area contributed by atoms with Crippen molar-refractivity contribution in [1.29, 1.82) is 0 Å². The minimum atomic E-state index is -0.142. The number of allylic oxidation sites excluding steroid dienone is 1. The highest BCUT2D eigenvalue weighted by molar-refractivity contribution is 5.26. The van der Waals surface area contributed by atoms with Crippen LogP contribution in [0.2, 0.25) is 0 Å². The third-order valence-electron chi connectivity index (χ3n) is 2.96. The zero-order chi connectivity index (χ0) is 9.97. The molecule has 74 valence electrons. The van der Waals surface area contributed by atoms with Crippen molar-refractivity contribution in [3.05, 3.63) is 48.3 Å². The van der Waals surface area contributed by atoms with Crippen molar-refractivity contribution in [3.8, 4) is 0 Å². The molecule has 0 radical (unpaired) electrons. The van der Waals surface area contributed by atoms with Crippen molar-refractivity contribution in [3.63, 3.8) is 0 Å². The molecule has 1 aromatic carbocycles. The standard InChI is InChI=1S/C13H15F/c1-2-3-4-11-9-13(11)10-5-7-12(14)8-6-10/h2,5-8,11,13H,1,3-4,9H2/t11-,13+/m0/s1.